The Morgan fingerprint density at radius 1 is 1.19 bits per heavy atom. The van der Waals surface area contributed by atoms with Crippen LogP contribution in [-0.2, 0) is 4.79 Å². The van der Waals surface area contributed by atoms with E-state index >= 15 is 0 Å². The molecule has 140 valence electrons. The number of allylic oxidation sites excluding steroid dienone is 3. The van der Waals surface area contributed by atoms with Crippen LogP contribution in [-0.4, -0.2) is 10.8 Å². The van der Waals surface area contributed by atoms with Crippen molar-refractivity contribution >= 4 is 46.4 Å². The lowest BCUT2D eigenvalue weighted by molar-refractivity contribution is -0.111. The second-order valence-electron chi connectivity index (χ2n) is 6.88. The lowest BCUT2D eigenvalue weighted by Crippen LogP contribution is -2.09. The first-order chi connectivity index (χ1) is 12.8. The summed E-state index contributed by atoms with van der Waals surface area (Å²) in [4.78, 5) is 11.7. The molecule has 5 heteroatoms. The summed E-state index contributed by atoms with van der Waals surface area (Å²) in [6.07, 6.45) is 6.24. The number of anilines is 1. The summed E-state index contributed by atoms with van der Waals surface area (Å²) < 4.78 is 0. The molecule has 1 amide bonds. The van der Waals surface area contributed by atoms with E-state index in [2.05, 4.69) is 5.32 Å². The van der Waals surface area contributed by atoms with Crippen LogP contribution < -0.4 is 5.32 Å². The highest BCUT2D eigenvalue weighted by Crippen LogP contribution is 2.58. The van der Waals surface area contributed by atoms with Crippen molar-refractivity contribution in [3.05, 3.63) is 87.4 Å². The van der Waals surface area contributed by atoms with E-state index in [1.807, 2.05) is 62.4 Å². The Kier molecular flexibility index (Phi) is 6.00. The quantitative estimate of drug-likeness (QED) is 0.318. The number of hydrogen-bond donors (Lipinski definition) is 1. The van der Waals surface area contributed by atoms with E-state index in [1.165, 1.54) is 0 Å². The van der Waals surface area contributed by atoms with Crippen LogP contribution >= 0.6 is 34.8 Å². The first kappa shape index (κ1) is 20.0. The number of amides is 1. The molecule has 1 N–H and O–H groups in total. The number of para-hydroxylation sites is 1. The second kappa shape index (κ2) is 8.10. The van der Waals surface area contributed by atoms with Gasteiger partial charge in [0.2, 0.25) is 5.91 Å². The molecular weight excluding hydrogens is 401 g/mol. The van der Waals surface area contributed by atoms with Crippen molar-refractivity contribution < 1.29 is 4.79 Å². The van der Waals surface area contributed by atoms with E-state index in [4.69, 9.17) is 34.8 Å². The summed E-state index contributed by atoms with van der Waals surface area (Å²) in [7, 11) is 0. The van der Waals surface area contributed by atoms with Gasteiger partial charge in [0.05, 0.1) is 14.9 Å². The van der Waals surface area contributed by atoms with Crippen molar-refractivity contribution in [3.63, 3.8) is 0 Å². The van der Waals surface area contributed by atoms with Crippen LogP contribution in [0.1, 0.15) is 30.4 Å². The van der Waals surface area contributed by atoms with Gasteiger partial charge in [-0.15, -0.1) is 11.6 Å². The van der Waals surface area contributed by atoms with Crippen molar-refractivity contribution in [2.45, 2.75) is 31.1 Å². The van der Waals surface area contributed by atoms with Crippen LogP contribution in [0.15, 0.2) is 66.3 Å². The SMILES string of the molecule is CC(/C=C/C1(Cl)CC1c1ccc(Cl)c(Cl)c1)=C\C(=O)Nc1ccccc1C. The zero-order valence-corrected chi connectivity index (χ0v) is 17.4. The summed E-state index contributed by atoms with van der Waals surface area (Å²) in [5.74, 6) is 0.0330. The van der Waals surface area contributed by atoms with Crippen molar-refractivity contribution in [3.8, 4) is 0 Å². The predicted molar refractivity (Wildman–Crippen MR) is 115 cm³/mol. The van der Waals surface area contributed by atoms with Crippen LogP contribution in [0.2, 0.25) is 10.0 Å². The minimum absolute atomic E-state index is 0.160. The predicted octanol–water partition coefficient (Wildman–Crippen LogP) is 6.91. The van der Waals surface area contributed by atoms with Crippen molar-refractivity contribution in [1.29, 1.82) is 0 Å². The molecule has 1 aliphatic rings. The van der Waals surface area contributed by atoms with E-state index in [9.17, 15) is 4.79 Å². The molecule has 0 saturated heterocycles. The van der Waals surface area contributed by atoms with Crippen molar-refractivity contribution in [2.75, 3.05) is 5.32 Å². The third kappa shape index (κ3) is 4.95. The third-order valence-electron chi connectivity index (χ3n) is 4.67. The Balaban J connectivity index is 1.63. The molecule has 2 unspecified atom stereocenters. The van der Waals surface area contributed by atoms with Crippen molar-refractivity contribution in [2.24, 2.45) is 0 Å². The summed E-state index contributed by atoms with van der Waals surface area (Å²) >= 11 is 18.7. The Bertz CT molecular complexity index is 935. The fraction of sp³-hybridized carbons (Fsp3) is 0.227. The maximum absolute atomic E-state index is 12.2. The van der Waals surface area contributed by atoms with E-state index in [0.717, 1.165) is 28.8 Å². The van der Waals surface area contributed by atoms with E-state index in [-0.39, 0.29) is 11.8 Å². The molecule has 0 heterocycles. The van der Waals surface area contributed by atoms with Crippen LogP contribution in [0, 0.1) is 6.92 Å². The van der Waals surface area contributed by atoms with Gasteiger partial charge >= 0.3 is 0 Å². The lowest BCUT2D eigenvalue weighted by atomic mass is 10.1. The molecule has 2 atom stereocenters. The van der Waals surface area contributed by atoms with Gasteiger partial charge in [-0.2, -0.15) is 0 Å². The highest BCUT2D eigenvalue weighted by atomic mass is 35.5. The minimum atomic E-state index is -0.446. The van der Waals surface area contributed by atoms with Gasteiger partial charge in [-0.3, -0.25) is 4.79 Å². The van der Waals surface area contributed by atoms with Gasteiger partial charge in [0.1, 0.15) is 0 Å². The molecule has 1 fully saturated rings. The van der Waals surface area contributed by atoms with Gasteiger partial charge in [0, 0.05) is 17.7 Å². The van der Waals surface area contributed by atoms with Gasteiger partial charge in [-0.05, 0) is 55.2 Å². The average molecular weight is 421 g/mol. The fourth-order valence-electron chi connectivity index (χ4n) is 2.97. The zero-order chi connectivity index (χ0) is 19.6. The van der Waals surface area contributed by atoms with Gasteiger partial charge in [-0.25, -0.2) is 0 Å². The number of carbonyl (C=O) groups is 1. The highest BCUT2D eigenvalue weighted by molar-refractivity contribution is 6.42. The maximum Gasteiger partial charge on any atom is 0.248 e. The van der Waals surface area contributed by atoms with Gasteiger partial charge in [0.15, 0.2) is 0 Å². The van der Waals surface area contributed by atoms with Gasteiger partial charge < -0.3 is 5.32 Å². The number of aryl methyl sites for hydroxylation is 1. The Morgan fingerprint density at radius 2 is 1.93 bits per heavy atom. The van der Waals surface area contributed by atoms with Crippen LogP contribution in [0.5, 0.6) is 0 Å². The summed E-state index contributed by atoms with van der Waals surface area (Å²) in [6.45, 7) is 3.84. The molecule has 3 rings (SSSR count). The topological polar surface area (TPSA) is 29.1 Å². The molecule has 27 heavy (non-hydrogen) atoms. The highest BCUT2D eigenvalue weighted by Gasteiger charge is 2.51. The standard InChI is InChI=1S/C22H20Cl3NO/c1-14(11-21(27)26-20-6-4-3-5-15(20)2)9-10-22(25)13-17(22)16-7-8-18(23)19(24)12-16/h3-12,17H,13H2,1-2H3,(H,26,27)/b10-9+,14-11+. The summed E-state index contributed by atoms with van der Waals surface area (Å²) in [5.41, 5.74) is 3.74. The molecule has 1 saturated carbocycles. The normalized spacial score (nSPS) is 22.1. The first-order valence-corrected chi connectivity index (χ1v) is 9.80. The zero-order valence-electron chi connectivity index (χ0n) is 15.1. The number of alkyl halides is 1. The van der Waals surface area contributed by atoms with Gasteiger partial charge in [-0.1, -0.05) is 59.6 Å². The molecule has 0 aliphatic heterocycles. The monoisotopic (exact) mass is 419 g/mol. The average Bonchev–Trinajstić information content (AvgIpc) is 3.30. The number of carbonyl (C=O) groups excluding carboxylic acids is 1. The van der Waals surface area contributed by atoms with Crippen LogP contribution in [0.4, 0.5) is 5.69 Å². The van der Waals surface area contributed by atoms with Crippen LogP contribution in [0.25, 0.3) is 0 Å². The number of hydrogen-bond acceptors (Lipinski definition) is 1. The van der Waals surface area contributed by atoms with E-state index in [1.54, 1.807) is 12.1 Å². The minimum Gasteiger partial charge on any atom is -0.322 e. The van der Waals surface area contributed by atoms with Crippen LogP contribution in [0.3, 0.4) is 0 Å². The van der Waals surface area contributed by atoms with Crippen molar-refractivity contribution in [1.82, 2.24) is 0 Å². The molecule has 2 aromatic carbocycles. The molecule has 0 spiro atoms. The molecular formula is C22H20Cl3NO. The lowest BCUT2D eigenvalue weighted by Gasteiger charge is -2.06. The molecule has 1 aliphatic carbocycles. The molecule has 2 nitrogen and oxygen atoms in total. The molecule has 0 bridgehead atoms. The fourth-order valence-corrected chi connectivity index (χ4v) is 3.62. The third-order valence-corrected chi connectivity index (χ3v) is 5.95. The smallest absolute Gasteiger partial charge is 0.248 e. The number of benzene rings is 2. The Hall–Kier alpha value is -1.74. The molecule has 2 aromatic rings. The first-order valence-electron chi connectivity index (χ1n) is 8.66. The largest absolute Gasteiger partial charge is 0.322 e. The number of rotatable bonds is 5. The Labute approximate surface area is 174 Å². The summed E-state index contributed by atoms with van der Waals surface area (Å²) in [5, 5.41) is 3.96. The number of nitrogens with one attached hydrogen (secondary N) is 1. The van der Waals surface area contributed by atoms with E-state index in [0.29, 0.717) is 10.0 Å². The number of halogens is 3. The summed E-state index contributed by atoms with van der Waals surface area (Å²) in [6, 6.07) is 13.3. The second-order valence-corrected chi connectivity index (χ2v) is 8.40. The maximum atomic E-state index is 12.2. The Morgan fingerprint density at radius 3 is 2.63 bits per heavy atom. The van der Waals surface area contributed by atoms with Gasteiger partial charge in [0.25, 0.3) is 0 Å². The van der Waals surface area contributed by atoms with E-state index < -0.39 is 4.87 Å². The molecule has 0 aromatic heterocycles. The molecule has 0 radical (unpaired) electrons.